The Balaban J connectivity index is 2.04. The molecule has 0 saturated heterocycles. The van der Waals surface area contributed by atoms with Crippen LogP contribution in [0.1, 0.15) is 24.5 Å². The van der Waals surface area contributed by atoms with Crippen LogP contribution in [0.25, 0.3) is 0 Å². The van der Waals surface area contributed by atoms with E-state index >= 15 is 0 Å². The van der Waals surface area contributed by atoms with E-state index in [1.54, 1.807) is 6.92 Å². The molecule has 0 spiro atoms. The number of aromatic nitrogens is 1. The van der Waals surface area contributed by atoms with Crippen molar-refractivity contribution in [3.8, 4) is 0 Å². The third kappa shape index (κ3) is 1.74. The van der Waals surface area contributed by atoms with Crippen molar-refractivity contribution in [1.82, 2.24) is 10.3 Å². The molecule has 1 aromatic rings. The molecule has 13 heavy (non-hydrogen) atoms. The second kappa shape index (κ2) is 3.24. The molecule has 2 N–H and O–H groups in total. The van der Waals surface area contributed by atoms with E-state index in [-0.39, 0.29) is 5.91 Å². The summed E-state index contributed by atoms with van der Waals surface area (Å²) in [6.07, 6.45) is 7.19. The number of amides is 1. The fourth-order valence-corrected chi connectivity index (χ4v) is 1.96. The van der Waals surface area contributed by atoms with Gasteiger partial charge in [0.1, 0.15) is 0 Å². The highest BCUT2D eigenvalue weighted by Crippen LogP contribution is 2.20. The molecule has 1 aromatic heterocycles. The van der Waals surface area contributed by atoms with Gasteiger partial charge in [-0.1, -0.05) is 0 Å². The minimum Gasteiger partial charge on any atom is -0.367 e. The first-order valence-electron chi connectivity index (χ1n) is 4.67. The highest BCUT2D eigenvalue weighted by Gasteiger charge is 2.19. The molecule has 1 unspecified atom stereocenters. The van der Waals surface area contributed by atoms with E-state index in [4.69, 9.17) is 0 Å². The third-order valence-corrected chi connectivity index (χ3v) is 2.56. The van der Waals surface area contributed by atoms with Crippen LogP contribution in [-0.4, -0.2) is 16.9 Å². The predicted octanol–water partition coefficient (Wildman–Crippen LogP) is 1.01. The maximum absolute atomic E-state index is 10.8. The summed E-state index contributed by atoms with van der Waals surface area (Å²) in [5.41, 5.74) is 2.76. The van der Waals surface area contributed by atoms with E-state index < -0.39 is 0 Å². The predicted molar refractivity (Wildman–Crippen MR) is 50.4 cm³/mol. The molecule has 0 aromatic carbocycles. The standard InChI is InChI=1S/C10H14N2O/c1-7(13)12-10-3-2-8-5-11-6-9(8)4-10/h5-6,10-11H,2-4H2,1H3,(H,12,13). The molecule has 0 saturated carbocycles. The Morgan fingerprint density at radius 2 is 2.31 bits per heavy atom. The molecule has 0 radical (unpaired) electrons. The van der Waals surface area contributed by atoms with Crippen LogP contribution in [-0.2, 0) is 17.6 Å². The lowest BCUT2D eigenvalue weighted by Gasteiger charge is -2.22. The van der Waals surface area contributed by atoms with E-state index in [1.807, 2.05) is 6.20 Å². The molecule has 1 aliphatic rings. The molecule has 1 atom stereocenters. The number of hydrogen-bond donors (Lipinski definition) is 2. The number of nitrogens with one attached hydrogen (secondary N) is 2. The fourth-order valence-electron chi connectivity index (χ4n) is 1.96. The van der Waals surface area contributed by atoms with E-state index in [9.17, 15) is 4.79 Å². The third-order valence-electron chi connectivity index (χ3n) is 2.56. The second-order valence-electron chi connectivity index (χ2n) is 3.65. The van der Waals surface area contributed by atoms with Gasteiger partial charge in [0.2, 0.25) is 5.91 Å². The highest BCUT2D eigenvalue weighted by molar-refractivity contribution is 5.73. The van der Waals surface area contributed by atoms with Gasteiger partial charge in [-0.2, -0.15) is 0 Å². The lowest BCUT2D eigenvalue weighted by Crippen LogP contribution is -2.37. The van der Waals surface area contributed by atoms with Crippen molar-refractivity contribution in [2.24, 2.45) is 0 Å². The number of rotatable bonds is 1. The molecule has 1 amide bonds. The Hall–Kier alpha value is -1.25. The van der Waals surface area contributed by atoms with Gasteiger partial charge >= 0.3 is 0 Å². The minimum absolute atomic E-state index is 0.0731. The Morgan fingerprint density at radius 3 is 3.08 bits per heavy atom. The molecular formula is C10H14N2O. The summed E-state index contributed by atoms with van der Waals surface area (Å²) in [5.74, 6) is 0.0731. The van der Waals surface area contributed by atoms with Crippen molar-refractivity contribution in [1.29, 1.82) is 0 Å². The summed E-state index contributed by atoms with van der Waals surface area (Å²) in [6.45, 7) is 1.58. The SMILES string of the molecule is CC(=O)NC1CCc2c[nH]cc2C1. The van der Waals surface area contributed by atoms with E-state index in [2.05, 4.69) is 16.5 Å². The van der Waals surface area contributed by atoms with Crippen molar-refractivity contribution >= 4 is 5.91 Å². The molecule has 1 aliphatic carbocycles. The molecule has 70 valence electrons. The molecule has 3 heteroatoms. The summed E-state index contributed by atoms with van der Waals surface area (Å²) >= 11 is 0. The van der Waals surface area contributed by atoms with Crippen LogP contribution in [0.5, 0.6) is 0 Å². The Labute approximate surface area is 77.5 Å². The Morgan fingerprint density at radius 1 is 1.54 bits per heavy atom. The number of carbonyl (C=O) groups is 1. The zero-order valence-corrected chi connectivity index (χ0v) is 7.76. The average Bonchev–Trinajstić information content (AvgIpc) is 2.49. The fraction of sp³-hybridized carbons (Fsp3) is 0.500. The zero-order chi connectivity index (χ0) is 9.26. The average molecular weight is 178 g/mol. The van der Waals surface area contributed by atoms with Crippen LogP contribution in [0.3, 0.4) is 0 Å². The minimum atomic E-state index is 0.0731. The summed E-state index contributed by atoms with van der Waals surface area (Å²) in [6, 6.07) is 0.334. The van der Waals surface area contributed by atoms with Crippen molar-refractivity contribution in [3.63, 3.8) is 0 Å². The molecule has 0 fully saturated rings. The number of carbonyl (C=O) groups excluding carboxylic acids is 1. The second-order valence-corrected chi connectivity index (χ2v) is 3.65. The number of fused-ring (bicyclic) bond motifs is 1. The first-order chi connectivity index (χ1) is 6.25. The van der Waals surface area contributed by atoms with Crippen LogP contribution in [0.4, 0.5) is 0 Å². The van der Waals surface area contributed by atoms with Gasteiger partial charge in [0.25, 0.3) is 0 Å². The van der Waals surface area contributed by atoms with Gasteiger partial charge in [0, 0.05) is 25.4 Å². The van der Waals surface area contributed by atoms with Gasteiger partial charge in [-0.05, 0) is 30.4 Å². The number of aromatic amines is 1. The summed E-state index contributed by atoms with van der Waals surface area (Å²) < 4.78 is 0. The van der Waals surface area contributed by atoms with Crippen LogP contribution in [0.2, 0.25) is 0 Å². The van der Waals surface area contributed by atoms with Gasteiger partial charge in [-0.25, -0.2) is 0 Å². The molecule has 1 heterocycles. The van der Waals surface area contributed by atoms with E-state index in [1.165, 1.54) is 11.1 Å². The largest absolute Gasteiger partial charge is 0.367 e. The first-order valence-corrected chi connectivity index (χ1v) is 4.67. The molecule has 0 aliphatic heterocycles. The monoisotopic (exact) mass is 178 g/mol. The quantitative estimate of drug-likeness (QED) is 0.662. The topological polar surface area (TPSA) is 44.9 Å². The highest BCUT2D eigenvalue weighted by atomic mass is 16.1. The van der Waals surface area contributed by atoms with Crippen molar-refractivity contribution < 1.29 is 4.79 Å². The lowest BCUT2D eigenvalue weighted by atomic mass is 9.91. The normalized spacial score (nSPS) is 20.8. The van der Waals surface area contributed by atoms with Gasteiger partial charge < -0.3 is 10.3 Å². The van der Waals surface area contributed by atoms with E-state index in [0.717, 1.165) is 19.3 Å². The van der Waals surface area contributed by atoms with Gasteiger partial charge in [-0.15, -0.1) is 0 Å². The van der Waals surface area contributed by atoms with E-state index in [0.29, 0.717) is 6.04 Å². The van der Waals surface area contributed by atoms with Crippen molar-refractivity contribution in [3.05, 3.63) is 23.5 Å². The maximum Gasteiger partial charge on any atom is 0.217 e. The molecule has 3 nitrogen and oxygen atoms in total. The van der Waals surface area contributed by atoms with Gasteiger partial charge in [0.15, 0.2) is 0 Å². The summed E-state index contributed by atoms with van der Waals surface area (Å²) in [4.78, 5) is 13.9. The molecule has 0 bridgehead atoms. The van der Waals surface area contributed by atoms with Crippen molar-refractivity contribution in [2.75, 3.05) is 0 Å². The number of aryl methyl sites for hydroxylation is 1. The Kier molecular flexibility index (Phi) is 2.08. The molecule has 2 rings (SSSR count). The first kappa shape index (κ1) is 8.35. The number of hydrogen-bond acceptors (Lipinski definition) is 1. The molecular weight excluding hydrogens is 164 g/mol. The maximum atomic E-state index is 10.8. The van der Waals surface area contributed by atoms with Crippen LogP contribution < -0.4 is 5.32 Å². The Bertz CT molecular complexity index is 316. The zero-order valence-electron chi connectivity index (χ0n) is 7.76. The van der Waals surface area contributed by atoms with Gasteiger partial charge in [-0.3, -0.25) is 4.79 Å². The smallest absolute Gasteiger partial charge is 0.217 e. The lowest BCUT2D eigenvalue weighted by molar-refractivity contribution is -0.119. The van der Waals surface area contributed by atoms with Gasteiger partial charge in [0.05, 0.1) is 0 Å². The van der Waals surface area contributed by atoms with Crippen LogP contribution in [0.15, 0.2) is 12.4 Å². The summed E-state index contributed by atoms with van der Waals surface area (Å²) in [7, 11) is 0. The summed E-state index contributed by atoms with van der Waals surface area (Å²) in [5, 5.41) is 2.96. The van der Waals surface area contributed by atoms with Crippen LogP contribution >= 0.6 is 0 Å². The van der Waals surface area contributed by atoms with Crippen LogP contribution in [0, 0.1) is 0 Å². The van der Waals surface area contributed by atoms with Crippen molar-refractivity contribution in [2.45, 2.75) is 32.2 Å². The number of H-pyrrole nitrogens is 1.